The number of rotatable bonds is 1. The van der Waals surface area contributed by atoms with Gasteiger partial charge in [0.25, 0.3) is 0 Å². The van der Waals surface area contributed by atoms with Crippen LogP contribution in [0.3, 0.4) is 0 Å². The molecule has 0 amide bonds. The summed E-state index contributed by atoms with van der Waals surface area (Å²) >= 11 is 0. The fourth-order valence-corrected chi connectivity index (χ4v) is 1.39. The van der Waals surface area contributed by atoms with Crippen LogP contribution in [0.1, 0.15) is 24.6 Å². The third kappa shape index (κ3) is 0.918. The van der Waals surface area contributed by atoms with E-state index in [0.717, 1.165) is 0 Å². The molecule has 0 spiro atoms. The van der Waals surface area contributed by atoms with E-state index in [1.165, 1.54) is 4.68 Å². The highest BCUT2D eigenvalue weighted by atomic mass is 16.3. The van der Waals surface area contributed by atoms with Gasteiger partial charge in [0.2, 0.25) is 5.95 Å². The van der Waals surface area contributed by atoms with E-state index in [2.05, 4.69) is 10.2 Å². The standard InChI is InChI=1S/C6H11N5O/c7-6-10-9-5(11(6)8)3-1-4(12)2-3/h3-4,12H,1-2,8H2,(H2,7,10). The molecular weight excluding hydrogens is 158 g/mol. The Labute approximate surface area is 69.2 Å². The van der Waals surface area contributed by atoms with Gasteiger partial charge in [-0.3, -0.25) is 0 Å². The van der Waals surface area contributed by atoms with Crippen LogP contribution in [0, 0.1) is 0 Å². The highest BCUT2D eigenvalue weighted by molar-refractivity contribution is 5.20. The zero-order valence-electron chi connectivity index (χ0n) is 6.51. The smallest absolute Gasteiger partial charge is 0.240 e. The van der Waals surface area contributed by atoms with E-state index < -0.39 is 0 Å². The van der Waals surface area contributed by atoms with E-state index >= 15 is 0 Å². The second kappa shape index (κ2) is 2.34. The Morgan fingerprint density at radius 2 is 2.08 bits per heavy atom. The molecule has 1 heterocycles. The van der Waals surface area contributed by atoms with E-state index in [4.69, 9.17) is 16.7 Å². The molecule has 1 aromatic heterocycles. The van der Waals surface area contributed by atoms with Gasteiger partial charge in [-0.05, 0) is 12.8 Å². The lowest BCUT2D eigenvalue weighted by molar-refractivity contribution is 0.0709. The number of anilines is 1. The highest BCUT2D eigenvalue weighted by Crippen LogP contribution is 2.35. The summed E-state index contributed by atoms with van der Waals surface area (Å²) in [4.78, 5) is 0. The van der Waals surface area contributed by atoms with Crippen LogP contribution in [0.5, 0.6) is 0 Å². The predicted octanol–water partition coefficient (Wildman–Crippen LogP) is -1.19. The first-order valence-corrected chi connectivity index (χ1v) is 3.82. The van der Waals surface area contributed by atoms with Gasteiger partial charge in [0.15, 0.2) is 5.82 Å². The molecule has 0 atom stereocenters. The monoisotopic (exact) mass is 169 g/mol. The van der Waals surface area contributed by atoms with Gasteiger partial charge in [-0.25, -0.2) is 4.68 Å². The topological polar surface area (TPSA) is 103 Å². The fraction of sp³-hybridized carbons (Fsp3) is 0.667. The van der Waals surface area contributed by atoms with Crippen molar-refractivity contribution < 1.29 is 5.11 Å². The summed E-state index contributed by atoms with van der Waals surface area (Å²) in [7, 11) is 0. The normalized spacial score (nSPS) is 28.4. The Morgan fingerprint density at radius 3 is 2.50 bits per heavy atom. The summed E-state index contributed by atoms with van der Waals surface area (Å²) in [5.41, 5.74) is 5.39. The van der Waals surface area contributed by atoms with Crippen molar-refractivity contribution in [3.05, 3.63) is 5.82 Å². The van der Waals surface area contributed by atoms with Crippen LogP contribution in [0.25, 0.3) is 0 Å². The summed E-state index contributed by atoms with van der Waals surface area (Å²) < 4.78 is 1.27. The lowest BCUT2D eigenvalue weighted by Crippen LogP contribution is -2.30. The van der Waals surface area contributed by atoms with E-state index in [1.807, 2.05) is 0 Å². The third-order valence-electron chi connectivity index (χ3n) is 2.23. The number of nitrogens with zero attached hydrogens (tertiary/aromatic N) is 3. The van der Waals surface area contributed by atoms with E-state index in [0.29, 0.717) is 18.7 Å². The quantitative estimate of drug-likeness (QED) is 0.459. The SMILES string of the molecule is Nc1nnc(C2CC(O)C2)n1N. The summed E-state index contributed by atoms with van der Waals surface area (Å²) in [5.74, 6) is 6.64. The summed E-state index contributed by atoms with van der Waals surface area (Å²) in [6.45, 7) is 0. The molecule has 1 aliphatic rings. The van der Waals surface area contributed by atoms with Crippen LogP contribution in [0.15, 0.2) is 0 Å². The Balaban J connectivity index is 2.18. The molecule has 6 nitrogen and oxygen atoms in total. The molecule has 1 aromatic rings. The lowest BCUT2D eigenvalue weighted by atomic mass is 9.82. The summed E-state index contributed by atoms with van der Waals surface area (Å²) in [5, 5.41) is 16.5. The van der Waals surface area contributed by atoms with Crippen LogP contribution in [0.4, 0.5) is 5.95 Å². The second-order valence-corrected chi connectivity index (χ2v) is 3.11. The molecule has 6 heteroatoms. The molecule has 1 aliphatic carbocycles. The minimum atomic E-state index is -0.215. The Kier molecular flexibility index (Phi) is 1.44. The number of aromatic nitrogens is 3. The Morgan fingerprint density at radius 1 is 1.42 bits per heavy atom. The molecule has 1 fully saturated rings. The van der Waals surface area contributed by atoms with Crippen molar-refractivity contribution in [2.75, 3.05) is 11.6 Å². The van der Waals surface area contributed by atoms with Crippen molar-refractivity contribution in [2.45, 2.75) is 24.9 Å². The molecule has 0 bridgehead atoms. The highest BCUT2D eigenvalue weighted by Gasteiger charge is 2.32. The molecule has 12 heavy (non-hydrogen) atoms. The van der Waals surface area contributed by atoms with E-state index in [1.54, 1.807) is 0 Å². The van der Waals surface area contributed by atoms with Gasteiger partial charge < -0.3 is 16.7 Å². The van der Waals surface area contributed by atoms with Crippen LogP contribution < -0.4 is 11.6 Å². The van der Waals surface area contributed by atoms with E-state index in [9.17, 15) is 0 Å². The van der Waals surface area contributed by atoms with Gasteiger partial charge in [-0.1, -0.05) is 0 Å². The van der Waals surface area contributed by atoms with Crippen LogP contribution in [-0.4, -0.2) is 26.1 Å². The van der Waals surface area contributed by atoms with Crippen molar-refractivity contribution in [3.8, 4) is 0 Å². The molecule has 0 aromatic carbocycles. The Hall–Kier alpha value is -1.30. The average Bonchev–Trinajstić information content (AvgIpc) is 2.28. The second-order valence-electron chi connectivity index (χ2n) is 3.11. The minimum Gasteiger partial charge on any atom is -0.393 e. The van der Waals surface area contributed by atoms with Gasteiger partial charge in [0.1, 0.15) is 0 Å². The predicted molar refractivity (Wildman–Crippen MR) is 42.6 cm³/mol. The number of nitrogens with two attached hydrogens (primary N) is 2. The molecule has 66 valence electrons. The maximum absolute atomic E-state index is 9.05. The largest absolute Gasteiger partial charge is 0.393 e. The Bertz CT molecular complexity index is 290. The minimum absolute atomic E-state index is 0.214. The zero-order valence-corrected chi connectivity index (χ0v) is 6.51. The van der Waals surface area contributed by atoms with Crippen molar-refractivity contribution in [1.29, 1.82) is 0 Å². The van der Waals surface area contributed by atoms with Gasteiger partial charge in [0.05, 0.1) is 6.10 Å². The van der Waals surface area contributed by atoms with Crippen molar-refractivity contribution in [2.24, 2.45) is 0 Å². The molecule has 0 radical (unpaired) electrons. The molecule has 0 aliphatic heterocycles. The molecule has 1 saturated carbocycles. The van der Waals surface area contributed by atoms with Gasteiger partial charge in [-0.2, -0.15) is 0 Å². The third-order valence-corrected chi connectivity index (χ3v) is 2.23. The molecule has 5 N–H and O–H groups in total. The first-order valence-electron chi connectivity index (χ1n) is 3.82. The summed E-state index contributed by atoms with van der Waals surface area (Å²) in [6, 6.07) is 0. The van der Waals surface area contributed by atoms with Crippen molar-refractivity contribution in [3.63, 3.8) is 0 Å². The molecule has 2 rings (SSSR count). The van der Waals surface area contributed by atoms with Gasteiger partial charge >= 0.3 is 0 Å². The number of aliphatic hydroxyl groups is 1. The van der Waals surface area contributed by atoms with Gasteiger partial charge in [-0.15, -0.1) is 10.2 Å². The maximum atomic E-state index is 9.05. The number of hydrogen-bond donors (Lipinski definition) is 3. The first kappa shape index (κ1) is 7.35. The maximum Gasteiger partial charge on any atom is 0.240 e. The fourth-order valence-electron chi connectivity index (χ4n) is 1.39. The number of nitrogen functional groups attached to an aromatic ring is 2. The lowest BCUT2D eigenvalue weighted by Gasteiger charge is -2.29. The van der Waals surface area contributed by atoms with E-state index in [-0.39, 0.29) is 18.0 Å². The van der Waals surface area contributed by atoms with Crippen LogP contribution >= 0.6 is 0 Å². The van der Waals surface area contributed by atoms with Crippen LogP contribution in [-0.2, 0) is 0 Å². The first-order chi connectivity index (χ1) is 5.68. The molecule has 0 unspecified atom stereocenters. The van der Waals surface area contributed by atoms with Crippen molar-refractivity contribution in [1.82, 2.24) is 14.9 Å². The number of aliphatic hydroxyl groups excluding tert-OH is 1. The average molecular weight is 169 g/mol. The zero-order chi connectivity index (χ0) is 8.72. The molecule has 0 saturated heterocycles. The summed E-state index contributed by atoms with van der Waals surface area (Å²) in [6.07, 6.45) is 1.19. The van der Waals surface area contributed by atoms with Crippen molar-refractivity contribution >= 4 is 5.95 Å². The number of hydrogen-bond acceptors (Lipinski definition) is 5. The van der Waals surface area contributed by atoms with Crippen LogP contribution in [0.2, 0.25) is 0 Å². The van der Waals surface area contributed by atoms with Gasteiger partial charge in [0, 0.05) is 5.92 Å². The molecular formula is C6H11N5O.